The number of aryl methyl sites for hydroxylation is 1. The summed E-state index contributed by atoms with van der Waals surface area (Å²) in [6, 6.07) is 21.7. The summed E-state index contributed by atoms with van der Waals surface area (Å²) in [6.45, 7) is 1.99. The SMILES string of the molecule is Cc1ccc(-n2c(NNC3C(=O)Nc4ccccc43)nc3ccccc3c2=O)cc1. The molecule has 0 radical (unpaired) electrons. The summed E-state index contributed by atoms with van der Waals surface area (Å²) in [7, 11) is 0. The van der Waals surface area contributed by atoms with Crippen molar-refractivity contribution in [2.45, 2.75) is 13.0 Å². The molecule has 30 heavy (non-hydrogen) atoms. The molecule has 1 unspecified atom stereocenters. The highest BCUT2D eigenvalue weighted by atomic mass is 16.2. The average Bonchev–Trinajstić information content (AvgIpc) is 3.08. The van der Waals surface area contributed by atoms with Gasteiger partial charge in [0.05, 0.1) is 16.6 Å². The lowest BCUT2D eigenvalue weighted by Crippen LogP contribution is -2.35. The van der Waals surface area contributed by atoms with Crippen molar-refractivity contribution in [3.05, 3.63) is 94.3 Å². The predicted molar refractivity (Wildman–Crippen MR) is 117 cm³/mol. The Morgan fingerprint density at radius 3 is 2.50 bits per heavy atom. The zero-order chi connectivity index (χ0) is 20.7. The number of aromatic nitrogens is 2. The lowest BCUT2D eigenvalue weighted by molar-refractivity contribution is -0.117. The molecule has 1 aliphatic rings. The molecule has 0 fully saturated rings. The molecule has 1 amide bonds. The Kier molecular flexibility index (Phi) is 4.30. The van der Waals surface area contributed by atoms with Gasteiger partial charge >= 0.3 is 0 Å². The number of nitrogens with one attached hydrogen (secondary N) is 3. The van der Waals surface area contributed by atoms with Crippen LogP contribution in [0.2, 0.25) is 0 Å². The Balaban J connectivity index is 1.58. The molecule has 0 spiro atoms. The minimum absolute atomic E-state index is 0.172. The first-order valence-corrected chi connectivity index (χ1v) is 9.62. The van der Waals surface area contributed by atoms with Crippen LogP contribution in [-0.4, -0.2) is 15.5 Å². The average molecular weight is 397 g/mol. The van der Waals surface area contributed by atoms with Gasteiger partial charge in [-0.1, -0.05) is 48.0 Å². The van der Waals surface area contributed by atoms with Gasteiger partial charge in [0.15, 0.2) is 0 Å². The monoisotopic (exact) mass is 397 g/mol. The second-order valence-corrected chi connectivity index (χ2v) is 7.21. The van der Waals surface area contributed by atoms with E-state index in [0.717, 1.165) is 16.8 Å². The van der Waals surface area contributed by atoms with E-state index in [9.17, 15) is 9.59 Å². The van der Waals surface area contributed by atoms with Crippen molar-refractivity contribution in [3.8, 4) is 5.69 Å². The third-order valence-corrected chi connectivity index (χ3v) is 5.19. The molecule has 0 aliphatic carbocycles. The topological polar surface area (TPSA) is 88.1 Å². The fourth-order valence-corrected chi connectivity index (χ4v) is 3.64. The summed E-state index contributed by atoms with van der Waals surface area (Å²) in [5, 5.41) is 3.37. The number of hydrogen-bond donors (Lipinski definition) is 3. The van der Waals surface area contributed by atoms with Crippen molar-refractivity contribution < 1.29 is 4.79 Å². The van der Waals surface area contributed by atoms with Gasteiger partial charge in [-0.05, 0) is 37.3 Å². The largest absolute Gasteiger partial charge is 0.324 e. The first kappa shape index (κ1) is 18.1. The molecule has 7 heteroatoms. The molecule has 4 aromatic rings. The van der Waals surface area contributed by atoms with Gasteiger partial charge in [-0.15, -0.1) is 0 Å². The van der Waals surface area contributed by atoms with Crippen molar-refractivity contribution in [1.29, 1.82) is 0 Å². The molecule has 0 saturated heterocycles. The number of anilines is 2. The van der Waals surface area contributed by atoms with Crippen molar-refractivity contribution >= 4 is 28.4 Å². The number of carbonyl (C=O) groups excluding carboxylic acids is 1. The maximum Gasteiger partial charge on any atom is 0.267 e. The maximum absolute atomic E-state index is 13.3. The van der Waals surface area contributed by atoms with Gasteiger partial charge in [-0.2, -0.15) is 0 Å². The van der Waals surface area contributed by atoms with Crippen molar-refractivity contribution in [1.82, 2.24) is 15.0 Å². The van der Waals surface area contributed by atoms with Crippen molar-refractivity contribution in [2.24, 2.45) is 0 Å². The summed E-state index contributed by atoms with van der Waals surface area (Å²) in [6.07, 6.45) is 0. The van der Waals surface area contributed by atoms with Crippen LogP contribution in [0.3, 0.4) is 0 Å². The molecule has 0 saturated carbocycles. The Hall–Kier alpha value is -3.97. The zero-order valence-electron chi connectivity index (χ0n) is 16.2. The number of para-hydroxylation sites is 2. The van der Waals surface area contributed by atoms with Crippen molar-refractivity contribution in [3.63, 3.8) is 0 Å². The van der Waals surface area contributed by atoms with E-state index in [1.807, 2.05) is 67.6 Å². The van der Waals surface area contributed by atoms with E-state index < -0.39 is 6.04 Å². The van der Waals surface area contributed by atoms with Crippen molar-refractivity contribution in [2.75, 3.05) is 10.7 Å². The smallest absolute Gasteiger partial charge is 0.267 e. The number of fused-ring (bicyclic) bond motifs is 2. The number of nitrogens with zero attached hydrogens (tertiary/aromatic N) is 2. The number of rotatable bonds is 4. The minimum atomic E-state index is -0.601. The molecule has 1 atom stereocenters. The molecule has 3 N–H and O–H groups in total. The van der Waals surface area contributed by atoms with Crippen LogP contribution in [0.4, 0.5) is 11.6 Å². The summed E-state index contributed by atoms with van der Waals surface area (Å²) in [5.41, 5.74) is 9.81. The van der Waals surface area contributed by atoms with E-state index >= 15 is 0 Å². The van der Waals surface area contributed by atoms with E-state index in [1.165, 1.54) is 4.57 Å². The van der Waals surface area contributed by atoms with Gasteiger partial charge < -0.3 is 5.32 Å². The molecular formula is C23H19N5O2. The summed E-state index contributed by atoms with van der Waals surface area (Å²) in [5.74, 6) is 0.133. The van der Waals surface area contributed by atoms with E-state index in [2.05, 4.69) is 21.2 Å². The van der Waals surface area contributed by atoms with E-state index in [1.54, 1.807) is 12.1 Å². The highest BCUT2D eigenvalue weighted by Gasteiger charge is 2.30. The second kappa shape index (κ2) is 7.13. The minimum Gasteiger partial charge on any atom is -0.324 e. The summed E-state index contributed by atoms with van der Waals surface area (Å²) < 4.78 is 1.51. The van der Waals surface area contributed by atoms with Gasteiger partial charge in [0, 0.05) is 11.3 Å². The lowest BCUT2D eigenvalue weighted by Gasteiger charge is -2.18. The number of amides is 1. The quantitative estimate of drug-likeness (QED) is 0.460. The molecule has 5 rings (SSSR count). The first-order valence-electron chi connectivity index (χ1n) is 9.62. The van der Waals surface area contributed by atoms with E-state index in [-0.39, 0.29) is 11.5 Å². The molecule has 7 nitrogen and oxygen atoms in total. The molecule has 1 aliphatic heterocycles. The molecule has 3 aromatic carbocycles. The van der Waals surface area contributed by atoms with Gasteiger partial charge in [0.25, 0.3) is 5.56 Å². The summed E-state index contributed by atoms with van der Waals surface area (Å²) in [4.78, 5) is 30.3. The first-order chi connectivity index (χ1) is 14.6. The van der Waals surface area contributed by atoms with Crippen LogP contribution in [0.5, 0.6) is 0 Å². The highest BCUT2D eigenvalue weighted by molar-refractivity contribution is 6.02. The van der Waals surface area contributed by atoms with Crippen LogP contribution in [-0.2, 0) is 4.79 Å². The van der Waals surface area contributed by atoms with Gasteiger partial charge in [-0.25, -0.2) is 15.0 Å². The standard InChI is InChI=1S/C23H19N5O2/c1-14-10-12-15(13-11-14)28-22(30)17-7-3-5-9-19(17)25-23(28)27-26-20-16-6-2-4-8-18(16)24-21(20)29/h2-13,20,26H,1H3,(H,24,29)(H,25,27). The summed E-state index contributed by atoms with van der Waals surface area (Å²) >= 11 is 0. The predicted octanol–water partition coefficient (Wildman–Crippen LogP) is 3.30. The van der Waals surface area contributed by atoms with Crippen LogP contribution < -0.4 is 21.7 Å². The Labute approximate surface area is 172 Å². The zero-order valence-corrected chi connectivity index (χ0v) is 16.2. The molecule has 148 valence electrons. The molecule has 1 aromatic heterocycles. The third-order valence-electron chi connectivity index (χ3n) is 5.19. The maximum atomic E-state index is 13.3. The number of hydrazine groups is 1. The van der Waals surface area contributed by atoms with Crippen LogP contribution in [0, 0.1) is 6.92 Å². The Morgan fingerprint density at radius 1 is 0.933 bits per heavy atom. The third kappa shape index (κ3) is 3.01. The molecule has 2 heterocycles. The molecular weight excluding hydrogens is 378 g/mol. The van der Waals surface area contributed by atoms with Gasteiger partial charge in [0.2, 0.25) is 11.9 Å². The lowest BCUT2D eigenvalue weighted by atomic mass is 10.1. The Morgan fingerprint density at radius 2 is 1.67 bits per heavy atom. The van der Waals surface area contributed by atoms with Gasteiger partial charge in [-0.3, -0.25) is 15.0 Å². The van der Waals surface area contributed by atoms with Crippen LogP contribution in [0.15, 0.2) is 77.6 Å². The number of carbonyl (C=O) groups is 1. The van der Waals surface area contributed by atoms with E-state index in [4.69, 9.17) is 0 Å². The second-order valence-electron chi connectivity index (χ2n) is 7.21. The van der Waals surface area contributed by atoms with Crippen LogP contribution >= 0.6 is 0 Å². The van der Waals surface area contributed by atoms with Gasteiger partial charge in [0.1, 0.15) is 6.04 Å². The highest BCUT2D eigenvalue weighted by Crippen LogP contribution is 2.30. The Bertz CT molecular complexity index is 1330. The molecule has 0 bridgehead atoms. The van der Waals surface area contributed by atoms with E-state index in [0.29, 0.717) is 22.5 Å². The fraction of sp³-hybridized carbons (Fsp3) is 0.0870. The fourth-order valence-electron chi connectivity index (χ4n) is 3.64. The van der Waals surface area contributed by atoms with Crippen LogP contribution in [0.25, 0.3) is 16.6 Å². The van der Waals surface area contributed by atoms with Crippen LogP contribution in [0.1, 0.15) is 17.2 Å². The normalized spacial score (nSPS) is 15.1. The number of benzene rings is 3. The number of hydrogen-bond acceptors (Lipinski definition) is 5.